The molecule has 0 spiro atoms. The number of esters is 1. The summed E-state index contributed by atoms with van der Waals surface area (Å²) in [6.45, 7) is 3.43. The standard InChI is InChI=1S/C9H18N2O2/c1-13-9(12)7-11-6-8-3-2-4-10-5-8/h8,10-11H,2-7H2,1H3. The lowest BCUT2D eigenvalue weighted by atomic mass is 10.00. The van der Waals surface area contributed by atoms with E-state index in [1.807, 2.05) is 0 Å². The first-order chi connectivity index (χ1) is 6.33. The molecule has 1 unspecified atom stereocenters. The lowest BCUT2D eigenvalue weighted by Crippen LogP contribution is -2.37. The van der Waals surface area contributed by atoms with E-state index in [4.69, 9.17) is 0 Å². The quantitative estimate of drug-likeness (QED) is 0.594. The largest absolute Gasteiger partial charge is 0.468 e. The normalized spacial score (nSPS) is 22.7. The summed E-state index contributed by atoms with van der Waals surface area (Å²) < 4.78 is 4.52. The van der Waals surface area contributed by atoms with Crippen LogP contribution in [0.1, 0.15) is 12.8 Å². The average Bonchev–Trinajstić information content (AvgIpc) is 2.19. The van der Waals surface area contributed by atoms with Gasteiger partial charge in [-0.15, -0.1) is 0 Å². The number of carbonyl (C=O) groups excluding carboxylic acids is 1. The number of hydrogen-bond donors (Lipinski definition) is 2. The molecule has 0 aromatic rings. The van der Waals surface area contributed by atoms with E-state index in [1.54, 1.807) is 0 Å². The molecule has 1 aliphatic rings. The first-order valence-corrected chi connectivity index (χ1v) is 4.81. The third-order valence-corrected chi connectivity index (χ3v) is 2.33. The van der Waals surface area contributed by atoms with Crippen LogP contribution in [-0.4, -0.2) is 39.3 Å². The van der Waals surface area contributed by atoms with Crippen LogP contribution in [0.2, 0.25) is 0 Å². The first-order valence-electron chi connectivity index (χ1n) is 4.81. The van der Waals surface area contributed by atoms with E-state index < -0.39 is 0 Å². The van der Waals surface area contributed by atoms with Crippen molar-refractivity contribution in [2.75, 3.05) is 33.3 Å². The van der Waals surface area contributed by atoms with E-state index in [0.29, 0.717) is 12.5 Å². The van der Waals surface area contributed by atoms with E-state index in [0.717, 1.165) is 19.6 Å². The van der Waals surface area contributed by atoms with Crippen LogP contribution in [0, 0.1) is 5.92 Å². The molecule has 1 aliphatic heterocycles. The molecule has 1 rings (SSSR count). The van der Waals surface area contributed by atoms with Crippen LogP contribution in [0.25, 0.3) is 0 Å². The molecule has 1 saturated heterocycles. The predicted molar refractivity (Wildman–Crippen MR) is 50.5 cm³/mol. The molecular weight excluding hydrogens is 168 g/mol. The van der Waals surface area contributed by atoms with Gasteiger partial charge in [0.15, 0.2) is 0 Å². The Morgan fingerprint density at radius 2 is 2.54 bits per heavy atom. The number of piperidine rings is 1. The van der Waals surface area contributed by atoms with Crippen molar-refractivity contribution < 1.29 is 9.53 Å². The van der Waals surface area contributed by atoms with E-state index in [2.05, 4.69) is 15.4 Å². The molecule has 0 aromatic heterocycles. The minimum absolute atomic E-state index is 0.191. The lowest BCUT2D eigenvalue weighted by molar-refractivity contribution is -0.139. The van der Waals surface area contributed by atoms with Gasteiger partial charge in [0.2, 0.25) is 0 Å². The summed E-state index contributed by atoms with van der Waals surface area (Å²) in [5.41, 5.74) is 0. The zero-order chi connectivity index (χ0) is 9.52. The summed E-state index contributed by atoms with van der Waals surface area (Å²) in [5.74, 6) is 0.474. The van der Waals surface area contributed by atoms with Crippen molar-refractivity contribution in [1.29, 1.82) is 0 Å². The van der Waals surface area contributed by atoms with Gasteiger partial charge in [0.1, 0.15) is 0 Å². The molecular formula is C9H18N2O2. The zero-order valence-corrected chi connectivity index (χ0v) is 8.14. The smallest absolute Gasteiger partial charge is 0.319 e. The number of methoxy groups -OCH3 is 1. The van der Waals surface area contributed by atoms with Crippen LogP contribution < -0.4 is 10.6 Å². The third kappa shape index (κ3) is 4.24. The van der Waals surface area contributed by atoms with E-state index >= 15 is 0 Å². The Labute approximate surface area is 79.0 Å². The van der Waals surface area contributed by atoms with E-state index in [9.17, 15) is 4.79 Å². The molecule has 76 valence electrons. The van der Waals surface area contributed by atoms with Gasteiger partial charge in [0.25, 0.3) is 0 Å². The molecule has 1 heterocycles. The van der Waals surface area contributed by atoms with E-state index in [1.165, 1.54) is 20.0 Å². The van der Waals surface area contributed by atoms with Crippen molar-refractivity contribution in [3.05, 3.63) is 0 Å². The molecule has 1 atom stereocenters. The molecule has 0 saturated carbocycles. The summed E-state index contributed by atoms with van der Waals surface area (Å²) >= 11 is 0. The molecule has 0 bridgehead atoms. The molecule has 13 heavy (non-hydrogen) atoms. The number of ether oxygens (including phenoxy) is 1. The van der Waals surface area contributed by atoms with Gasteiger partial charge < -0.3 is 15.4 Å². The zero-order valence-electron chi connectivity index (χ0n) is 8.14. The molecule has 4 heteroatoms. The second-order valence-corrected chi connectivity index (χ2v) is 3.42. The fourth-order valence-corrected chi connectivity index (χ4v) is 1.55. The molecule has 0 radical (unpaired) electrons. The van der Waals surface area contributed by atoms with Gasteiger partial charge in [0.05, 0.1) is 13.7 Å². The molecule has 0 aliphatic carbocycles. The van der Waals surface area contributed by atoms with Crippen molar-refractivity contribution in [1.82, 2.24) is 10.6 Å². The molecule has 1 fully saturated rings. The second kappa shape index (κ2) is 5.94. The van der Waals surface area contributed by atoms with Crippen LogP contribution in [0.15, 0.2) is 0 Å². The van der Waals surface area contributed by atoms with Crippen molar-refractivity contribution >= 4 is 5.97 Å². The van der Waals surface area contributed by atoms with Gasteiger partial charge in [-0.3, -0.25) is 4.79 Å². The number of hydrogen-bond acceptors (Lipinski definition) is 4. The second-order valence-electron chi connectivity index (χ2n) is 3.42. The van der Waals surface area contributed by atoms with Gasteiger partial charge in [-0.25, -0.2) is 0 Å². The minimum Gasteiger partial charge on any atom is -0.468 e. The van der Waals surface area contributed by atoms with Crippen molar-refractivity contribution in [3.8, 4) is 0 Å². The molecule has 4 nitrogen and oxygen atoms in total. The van der Waals surface area contributed by atoms with Crippen LogP contribution in [-0.2, 0) is 9.53 Å². The van der Waals surface area contributed by atoms with Gasteiger partial charge >= 0.3 is 5.97 Å². The van der Waals surface area contributed by atoms with Crippen molar-refractivity contribution in [2.24, 2.45) is 5.92 Å². The highest BCUT2D eigenvalue weighted by molar-refractivity contribution is 5.71. The van der Waals surface area contributed by atoms with Gasteiger partial charge in [-0.1, -0.05) is 0 Å². The Kier molecular flexibility index (Phi) is 4.78. The molecule has 2 N–H and O–H groups in total. The lowest BCUT2D eigenvalue weighted by Gasteiger charge is -2.22. The summed E-state index contributed by atoms with van der Waals surface area (Å²) in [7, 11) is 1.41. The maximum Gasteiger partial charge on any atom is 0.319 e. The summed E-state index contributed by atoms with van der Waals surface area (Å²) in [6, 6.07) is 0. The summed E-state index contributed by atoms with van der Waals surface area (Å²) in [4.78, 5) is 10.8. The van der Waals surface area contributed by atoms with Crippen molar-refractivity contribution in [2.45, 2.75) is 12.8 Å². The van der Waals surface area contributed by atoms with Gasteiger partial charge in [-0.05, 0) is 38.4 Å². The Morgan fingerprint density at radius 1 is 1.69 bits per heavy atom. The minimum atomic E-state index is -0.191. The number of carbonyl (C=O) groups is 1. The molecule has 0 aromatic carbocycles. The Hall–Kier alpha value is -0.610. The fourth-order valence-electron chi connectivity index (χ4n) is 1.55. The van der Waals surface area contributed by atoms with E-state index in [-0.39, 0.29) is 5.97 Å². The highest BCUT2D eigenvalue weighted by atomic mass is 16.5. The summed E-state index contributed by atoms with van der Waals surface area (Å²) in [5, 5.41) is 6.42. The van der Waals surface area contributed by atoms with Crippen LogP contribution in [0.3, 0.4) is 0 Å². The Balaban J connectivity index is 2.01. The van der Waals surface area contributed by atoms with Crippen LogP contribution in [0.5, 0.6) is 0 Å². The number of nitrogens with one attached hydrogen (secondary N) is 2. The molecule has 0 amide bonds. The SMILES string of the molecule is COC(=O)CNCC1CCCNC1. The van der Waals surface area contributed by atoms with Gasteiger partial charge in [-0.2, -0.15) is 0 Å². The monoisotopic (exact) mass is 186 g/mol. The summed E-state index contributed by atoms with van der Waals surface area (Å²) in [6.07, 6.45) is 2.49. The maximum absolute atomic E-state index is 10.8. The maximum atomic E-state index is 10.8. The topological polar surface area (TPSA) is 50.4 Å². The average molecular weight is 186 g/mol. The van der Waals surface area contributed by atoms with Crippen LogP contribution >= 0.6 is 0 Å². The highest BCUT2D eigenvalue weighted by Gasteiger charge is 2.12. The predicted octanol–water partition coefficient (Wildman–Crippen LogP) is -0.251. The fraction of sp³-hybridized carbons (Fsp3) is 0.889. The van der Waals surface area contributed by atoms with Gasteiger partial charge in [0, 0.05) is 0 Å². The third-order valence-electron chi connectivity index (χ3n) is 2.33. The Bertz CT molecular complexity index is 156. The number of rotatable bonds is 4. The highest BCUT2D eigenvalue weighted by Crippen LogP contribution is 2.07. The van der Waals surface area contributed by atoms with Crippen LogP contribution in [0.4, 0.5) is 0 Å². The first kappa shape index (κ1) is 10.5. The van der Waals surface area contributed by atoms with Crippen molar-refractivity contribution in [3.63, 3.8) is 0 Å². The Morgan fingerprint density at radius 3 is 3.15 bits per heavy atom.